The number of carbonyl (C=O) groups excluding carboxylic acids is 2. The van der Waals surface area contributed by atoms with Crippen LogP contribution in [0, 0.1) is 16.7 Å². The molecule has 0 aromatic heterocycles. The summed E-state index contributed by atoms with van der Waals surface area (Å²) >= 11 is 0. The average Bonchev–Trinajstić information content (AvgIpc) is 2.67. The number of hydrogen-bond acceptors (Lipinski definition) is 7. The fourth-order valence-corrected chi connectivity index (χ4v) is 3.07. The van der Waals surface area contributed by atoms with Crippen LogP contribution in [-0.4, -0.2) is 49.3 Å². The van der Waals surface area contributed by atoms with Crippen molar-refractivity contribution in [1.29, 1.82) is 0 Å². The summed E-state index contributed by atoms with van der Waals surface area (Å²) in [4.78, 5) is 24.8. The number of esters is 2. The second-order valence-electron chi connectivity index (χ2n) is 10.2. The Balaban J connectivity index is 2.52. The molecule has 0 bridgehead atoms. The first-order chi connectivity index (χ1) is 14.7. The van der Waals surface area contributed by atoms with Crippen molar-refractivity contribution in [3.8, 4) is 5.75 Å². The zero-order valence-electron chi connectivity index (χ0n) is 20.8. The van der Waals surface area contributed by atoms with E-state index in [-0.39, 0.29) is 35.9 Å². The zero-order chi connectivity index (χ0) is 24.5. The lowest BCUT2D eigenvalue weighted by Gasteiger charge is -2.34. The van der Waals surface area contributed by atoms with Crippen molar-refractivity contribution >= 4 is 11.9 Å². The first-order valence-corrected chi connectivity index (χ1v) is 11.1. The summed E-state index contributed by atoms with van der Waals surface area (Å²) < 4.78 is 21.3. The number of benzene rings is 1. The molecular formula is C25H40O7. The standard InChI is InChI=1S/C25H40O7/c1-9-29-17(2)32-20-12-10-18(11-13-20)22(27)30-15-19(26)16-31-23(28)21(25(6,7)8)14-24(3,4)5/h10-13,17,19,21,26H,9,14-16H2,1-8H3. The summed E-state index contributed by atoms with van der Waals surface area (Å²) in [6, 6.07) is 6.44. The molecule has 0 radical (unpaired) electrons. The lowest BCUT2D eigenvalue weighted by molar-refractivity contribution is -0.157. The van der Waals surface area contributed by atoms with Gasteiger partial charge in [-0.25, -0.2) is 4.79 Å². The molecule has 3 atom stereocenters. The molecule has 1 aromatic rings. The van der Waals surface area contributed by atoms with E-state index in [4.69, 9.17) is 18.9 Å². The SMILES string of the molecule is CCOC(C)Oc1ccc(C(=O)OCC(O)COC(=O)C(CC(C)(C)C)C(C)(C)C)cc1. The van der Waals surface area contributed by atoms with Gasteiger partial charge in [0.15, 0.2) is 6.29 Å². The van der Waals surface area contributed by atoms with Crippen molar-refractivity contribution in [3.63, 3.8) is 0 Å². The quantitative estimate of drug-likeness (QED) is 0.387. The van der Waals surface area contributed by atoms with E-state index in [0.717, 1.165) is 0 Å². The summed E-state index contributed by atoms with van der Waals surface area (Å²) in [6.07, 6.45) is -0.825. The Bertz CT molecular complexity index is 713. The van der Waals surface area contributed by atoms with Crippen LogP contribution in [0.15, 0.2) is 24.3 Å². The van der Waals surface area contributed by atoms with Crippen molar-refractivity contribution in [2.45, 2.75) is 74.2 Å². The van der Waals surface area contributed by atoms with E-state index in [9.17, 15) is 14.7 Å². The van der Waals surface area contributed by atoms with Gasteiger partial charge in [0.1, 0.15) is 25.1 Å². The molecule has 0 aliphatic rings. The van der Waals surface area contributed by atoms with Crippen molar-refractivity contribution in [3.05, 3.63) is 29.8 Å². The van der Waals surface area contributed by atoms with Crippen LogP contribution in [0.2, 0.25) is 0 Å². The summed E-state index contributed by atoms with van der Waals surface area (Å²) in [6.45, 7) is 15.9. The van der Waals surface area contributed by atoms with Gasteiger partial charge in [0.05, 0.1) is 11.5 Å². The summed E-state index contributed by atoms with van der Waals surface area (Å²) in [5.41, 5.74) is 0.0220. The van der Waals surface area contributed by atoms with Crippen molar-refractivity contribution < 1.29 is 33.6 Å². The van der Waals surface area contributed by atoms with Gasteiger partial charge >= 0.3 is 11.9 Å². The van der Waals surface area contributed by atoms with Gasteiger partial charge in [0.25, 0.3) is 0 Å². The zero-order valence-corrected chi connectivity index (χ0v) is 20.8. The number of aliphatic hydroxyl groups is 1. The van der Waals surface area contributed by atoms with Crippen LogP contribution in [-0.2, 0) is 19.0 Å². The van der Waals surface area contributed by atoms with Gasteiger partial charge in [-0.05, 0) is 55.4 Å². The fourth-order valence-electron chi connectivity index (χ4n) is 3.07. The number of ether oxygens (including phenoxy) is 4. The molecule has 7 heteroatoms. The maximum Gasteiger partial charge on any atom is 0.338 e. The molecule has 182 valence electrons. The van der Waals surface area contributed by atoms with Crippen LogP contribution in [0.5, 0.6) is 5.75 Å². The molecule has 1 aromatic carbocycles. The number of rotatable bonds is 11. The van der Waals surface area contributed by atoms with Crippen LogP contribution in [0.1, 0.15) is 72.2 Å². The van der Waals surface area contributed by atoms with E-state index in [2.05, 4.69) is 20.8 Å². The second kappa shape index (κ2) is 12.2. The highest BCUT2D eigenvalue weighted by molar-refractivity contribution is 5.89. The Morgan fingerprint density at radius 2 is 1.53 bits per heavy atom. The van der Waals surface area contributed by atoms with Gasteiger partial charge in [0, 0.05) is 6.61 Å². The molecule has 0 aliphatic carbocycles. The van der Waals surface area contributed by atoms with Gasteiger partial charge in [0.2, 0.25) is 0 Å². The molecular weight excluding hydrogens is 412 g/mol. The predicted octanol–water partition coefficient (Wildman–Crippen LogP) is 4.61. The second-order valence-corrected chi connectivity index (χ2v) is 10.2. The van der Waals surface area contributed by atoms with Crippen LogP contribution < -0.4 is 4.74 Å². The summed E-state index contributed by atoms with van der Waals surface area (Å²) in [5.74, 6) is -0.670. The van der Waals surface area contributed by atoms with Crippen molar-refractivity contribution in [1.82, 2.24) is 0 Å². The number of hydrogen-bond donors (Lipinski definition) is 1. The minimum Gasteiger partial charge on any atom is -0.465 e. The largest absolute Gasteiger partial charge is 0.465 e. The predicted molar refractivity (Wildman–Crippen MR) is 122 cm³/mol. The Labute approximate surface area is 192 Å². The number of carbonyl (C=O) groups is 2. The molecule has 0 fully saturated rings. The van der Waals surface area contributed by atoms with Gasteiger partial charge in [-0.15, -0.1) is 0 Å². The van der Waals surface area contributed by atoms with Gasteiger partial charge < -0.3 is 24.1 Å². The van der Waals surface area contributed by atoms with Crippen LogP contribution in [0.25, 0.3) is 0 Å². The normalized spacial score (nSPS) is 14.9. The highest BCUT2D eigenvalue weighted by Gasteiger charge is 2.36. The molecule has 0 spiro atoms. The average molecular weight is 453 g/mol. The van der Waals surface area contributed by atoms with Gasteiger partial charge in [-0.1, -0.05) is 41.5 Å². The highest BCUT2D eigenvalue weighted by atomic mass is 16.7. The van der Waals surface area contributed by atoms with Crippen molar-refractivity contribution in [2.24, 2.45) is 16.7 Å². The monoisotopic (exact) mass is 452 g/mol. The van der Waals surface area contributed by atoms with E-state index < -0.39 is 18.4 Å². The Hall–Kier alpha value is -2.12. The maximum absolute atomic E-state index is 12.6. The van der Waals surface area contributed by atoms with E-state index >= 15 is 0 Å². The molecule has 0 amide bonds. The van der Waals surface area contributed by atoms with Crippen LogP contribution >= 0.6 is 0 Å². The lowest BCUT2D eigenvalue weighted by atomic mass is 9.72. The van der Waals surface area contributed by atoms with E-state index in [1.54, 1.807) is 31.2 Å². The lowest BCUT2D eigenvalue weighted by Crippen LogP contribution is -2.35. The molecule has 3 unspecified atom stereocenters. The number of aliphatic hydroxyl groups excluding tert-OH is 1. The molecule has 0 saturated carbocycles. The molecule has 0 aliphatic heterocycles. The topological polar surface area (TPSA) is 91.3 Å². The molecule has 0 saturated heterocycles. The third-order valence-corrected chi connectivity index (χ3v) is 4.76. The fraction of sp³-hybridized carbons (Fsp3) is 0.680. The third kappa shape index (κ3) is 10.5. The van der Waals surface area contributed by atoms with E-state index in [1.807, 2.05) is 27.7 Å². The molecule has 0 heterocycles. The van der Waals surface area contributed by atoms with Gasteiger partial charge in [-0.2, -0.15) is 0 Å². The third-order valence-electron chi connectivity index (χ3n) is 4.76. The smallest absolute Gasteiger partial charge is 0.338 e. The molecule has 7 nitrogen and oxygen atoms in total. The van der Waals surface area contributed by atoms with Crippen LogP contribution in [0.4, 0.5) is 0 Å². The minimum atomic E-state index is -1.10. The first kappa shape index (κ1) is 27.9. The summed E-state index contributed by atoms with van der Waals surface area (Å²) in [7, 11) is 0. The highest BCUT2D eigenvalue weighted by Crippen LogP contribution is 2.36. The molecule has 1 rings (SSSR count). The molecule has 1 N–H and O–H groups in total. The maximum atomic E-state index is 12.6. The minimum absolute atomic E-state index is 0.0350. The van der Waals surface area contributed by atoms with E-state index in [1.165, 1.54) is 0 Å². The Morgan fingerprint density at radius 3 is 2.03 bits per heavy atom. The first-order valence-electron chi connectivity index (χ1n) is 11.1. The summed E-state index contributed by atoms with van der Waals surface area (Å²) in [5, 5.41) is 10.1. The Kier molecular flexibility index (Phi) is 10.6. The molecule has 32 heavy (non-hydrogen) atoms. The van der Waals surface area contributed by atoms with Crippen molar-refractivity contribution in [2.75, 3.05) is 19.8 Å². The van der Waals surface area contributed by atoms with Crippen LogP contribution in [0.3, 0.4) is 0 Å². The van der Waals surface area contributed by atoms with Gasteiger partial charge in [-0.3, -0.25) is 4.79 Å². The Morgan fingerprint density at radius 1 is 0.969 bits per heavy atom. The van der Waals surface area contributed by atoms with E-state index in [0.29, 0.717) is 24.3 Å².